The zero-order valence-electron chi connectivity index (χ0n) is 20.0. The minimum Gasteiger partial charge on any atom is -0.454 e. The molecule has 5 rings (SSSR count). The number of ether oxygens (including phenoxy) is 2. The van der Waals surface area contributed by atoms with Gasteiger partial charge >= 0.3 is 12.2 Å². The molecule has 0 aliphatic carbocycles. The van der Waals surface area contributed by atoms with Crippen LogP contribution in [0.1, 0.15) is 11.1 Å². The number of aromatic nitrogens is 2. The lowest BCUT2D eigenvalue weighted by Crippen LogP contribution is -2.46. The minimum atomic E-state index is -4.56. The third-order valence-corrected chi connectivity index (χ3v) is 6.51. The zero-order valence-corrected chi connectivity index (χ0v) is 20.8. The third-order valence-electron chi connectivity index (χ3n) is 5.63. The normalized spacial score (nSPS) is 13.0. The van der Waals surface area contributed by atoms with Crippen molar-refractivity contribution in [1.29, 1.82) is 0 Å². The summed E-state index contributed by atoms with van der Waals surface area (Å²) in [5, 5.41) is 16.4. The number of carbonyl (C=O) groups is 2. The van der Waals surface area contributed by atoms with Gasteiger partial charge < -0.3 is 20.1 Å². The second-order valence-corrected chi connectivity index (χ2v) is 9.37. The molecule has 1 aliphatic heterocycles. The van der Waals surface area contributed by atoms with Crippen LogP contribution in [0.2, 0.25) is 0 Å². The Labute approximate surface area is 224 Å². The highest BCUT2D eigenvalue weighted by atomic mass is 32.1. The molecule has 200 valence electrons. The summed E-state index contributed by atoms with van der Waals surface area (Å²) in [6.45, 7) is 0.132. The maximum absolute atomic E-state index is 13.2. The lowest BCUT2D eigenvalue weighted by Gasteiger charge is -2.18. The van der Waals surface area contributed by atoms with E-state index in [0.717, 1.165) is 34.6 Å². The molecule has 1 aliphatic rings. The molecule has 0 radical (unpaired) electrons. The number of hydrogen-bond donors (Lipinski definition) is 3. The van der Waals surface area contributed by atoms with Crippen molar-refractivity contribution in [3.63, 3.8) is 0 Å². The van der Waals surface area contributed by atoms with Crippen molar-refractivity contribution in [3.8, 4) is 22.1 Å². The van der Waals surface area contributed by atoms with E-state index in [4.69, 9.17) is 9.47 Å². The van der Waals surface area contributed by atoms with E-state index in [1.54, 1.807) is 42.5 Å². The van der Waals surface area contributed by atoms with E-state index in [0.29, 0.717) is 16.5 Å². The van der Waals surface area contributed by atoms with Gasteiger partial charge in [-0.1, -0.05) is 47.7 Å². The van der Waals surface area contributed by atoms with Gasteiger partial charge in [0.1, 0.15) is 11.0 Å². The number of fused-ring (bicyclic) bond motifs is 1. The van der Waals surface area contributed by atoms with E-state index in [1.165, 1.54) is 12.1 Å². The average Bonchev–Trinajstić information content (AvgIpc) is 3.58. The van der Waals surface area contributed by atoms with Crippen molar-refractivity contribution in [1.82, 2.24) is 15.5 Å². The van der Waals surface area contributed by atoms with Crippen LogP contribution in [0, 0.1) is 0 Å². The largest absolute Gasteiger partial charge is 0.454 e. The van der Waals surface area contributed by atoms with Crippen LogP contribution in [0.25, 0.3) is 10.6 Å². The number of hydrogen-bond acceptors (Lipinski definition) is 7. The van der Waals surface area contributed by atoms with E-state index >= 15 is 0 Å². The molecule has 0 saturated heterocycles. The third kappa shape index (κ3) is 6.44. The van der Waals surface area contributed by atoms with Gasteiger partial charge in [0.2, 0.25) is 17.8 Å². The van der Waals surface area contributed by atoms with Crippen LogP contribution in [-0.4, -0.2) is 35.0 Å². The molecule has 3 amide bonds. The number of anilines is 2. The highest BCUT2D eigenvalue weighted by Gasteiger charge is 2.30. The molecule has 3 aromatic carbocycles. The first-order valence-corrected chi connectivity index (χ1v) is 12.4. The summed E-state index contributed by atoms with van der Waals surface area (Å²) >= 11 is 1.12. The maximum Gasteiger partial charge on any atom is 0.416 e. The molecule has 0 spiro atoms. The molecule has 2 heterocycles. The van der Waals surface area contributed by atoms with Gasteiger partial charge in [-0.05, 0) is 42.0 Å². The van der Waals surface area contributed by atoms with Crippen molar-refractivity contribution in [2.24, 2.45) is 0 Å². The monoisotopic (exact) mass is 555 g/mol. The molecule has 1 atom stereocenters. The Balaban J connectivity index is 1.29. The summed E-state index contributed by atoms with van der Waals surface area (Å²) in [6, 6.07) is 16.5. The predicted molar refractivity (Wildman–Crippen MR) is 138 cm³/mol. The Kier molecular flexibility index (Phi) is 7.32. The molecular weight excluding hydrogens is 535 g/mol. The summed E-state index contributed by atoms with van der Waals surface area (Å²) in [5.41, 5.74) is 0.499. The van der Waals surface area contributed by atoms with Gasteiger partial charge in [-0.2, -0.15) is 13.2 Å². The summed E-state index contributed by atoms with van der Waals surface area (Å²) < 4.78 is 49.8. The highest BCUT2D eigenvalue weighted by molar-refractivity contribution is 7.18. The van der Waals surface area contributed by atoms with E-state index in [1.807, 2.05) is 6.07 Å². The molecule has 0 saturated carbocycles. The molecule has 39 heavy (non-hydrogen) atoms. The van der Waals surface area contributed by atoms with Crippen LogP contribution in [0.15, 0.2) is 72.8 Å². The number of rotatable bonds is 7. The molecular formula is C26H20F3N5O4S. The van der Waals surface area contributed by atoms with E-state index in [2.05, 4.69) is 26.1 Å². The van der Waals surface area contributed by atoms with Gasteiger partial charge in [0, 0.05) is 17.7 Å². The Morgan fingerprint density at radius 1 is 0.923 bits per heavy atom. The first-order chi connectivity index (χ1) is 18.7. The van der Waals surface area contributed by atoms with Crippen molar-refractivity contribution < 1.29 is 32.2 Å². The van der Waals surface area contributed by atoms with Gasteiger partial charge in [-0.15, -0.1) is 10.2 Å². The summed E-state index contributed by atoms with van der Waals surface area (Å²) in [6.07, 6.45) is -4.44. The maximum atomic E-state index is 13.2. The fraction of sp³-hybridized carbons (Fsp3) is 0.154. The molecule has 0 bridgehead atoms. The van der Waals surface area contributed by atoms with Gasteiger partial charge in [0.25, 0.3) is 0 Å². The molecule has 1 unspecified atom stereocenters. The van der Waals surface area contributed by atoms with E-state index in [9.17, 15) is 22.8 Å². The summed E-state index contributed by atoms with van der Waals surface area (Å²) in [5.74, 6) is 0.619. The first-order valence-electron chi connectivity index (χ1n) is 11.6. The standard InChI is InChI=1S/C26H20F3N5O4S/c27-26(28,29)17-7-4-8-18(13-17)30-24(36)31-19(11-15-5-2-1-3-6-15)22(35)32-25-34-33-23(39-25)16-9-10-20-21(12-16)38-14-37-20/h1-10,12-13,19H,11,14H2,(H2,30,31,36)(H,32,34,35). The number of urea groups is 1. The van der Waals surface area contributed by atoms with Crippen LogP contribution in [-0.2, 0) is 17.4 Å². The smallest absolute Gasteiger partial charge is 0.416 e. The molecule has 4 aromatic rings. The lowest BCUT2D eigenvalue weighted by atomic mass is 10.1. The van der Waals surface area contributed by atoms with Crippen LogP contribution < -0.4 is 25.4 Å². The van der Waals surface area contributed by atoms with E-state index < -0.39 is 29.7 Å². The minimum absolute atomic E-state index is 0.0707. The molecule has 3 N–H and O–H groups in total. The number of carbonyl (C=O) groups excluding carboxylic acids is 2. The Morgan fingerprint density at radius 3 is 2.51 bits per heavy atom. The van der Waals surface area contributed by atoms with Gasteiger partial charge in [0.15, 0.2) is 11.5 Å². The average molecular weight is 556 g/mol. The van der Waals surface area contributed by atoms with Crippen LogP contribution in [0.5, 0.6) is 11.5 Å². The van der Waals surface area contributed by atoms with Crippen LogP contribution in [0.4, 0.5) is 28.8 Å². The van der Waals surface area contributed by atoms with Crippen molar-refractivity contribution >= 4 is 34.1 Å². The Hall–Kier alpha value is -4.65. The van der Waals surface area contributed by atoms with Gasteiger partial charge in [0.05, 0.1) is 5.56 Å². The predicted octanol–water partition coefficient (Wildman–Crippen LogP) is 5.32. The summed E-state index contributed by atoms with van der Waals surface area (Å²) in [7, 11) is 0. The fourth-order valence-electron chi connectivity index (χ4n) is 3.77. The van der Waals surface area contributed by atoms with Gasteiger partial charge in [-0.3, -0.25) is 10.1 Å². The second kappa shape index (κ2) is 11.0. The number of nitrogens with zero attached hydrogens (tertiary/aromatic N) is 2. The topological polar surface area (TPSA) is 114 Å². The Bertz CT molecular complexity index is 1500. The van der Waals surface area contributed by atoms with Crippen molar-refractivity contribution in [3.05, 3.63) is 83.9 Å². The number of halogens is 3. The van der Waals surface area contributed by atoms with Crippen molar-refractivity contribution in [2.75, 3.05) is 17.4 Å². The zero-order chi connectivity index (χ0) is 27.4. The molecule has 9 nitrogen and oxygen atoms in total. The Morgan fingerprint density at radius 2 is 1.72 bits per heavy atom. The second-order valence-electron chi connectivity index (χ2n) is 8.39. The van der Waals surface area contributed by atoms with E-state index in [-0.39, 0.29) is 24.0 Å². The van der Waals surface area contributed by atoms with Gasteiger partial charge in [-0.25, -0.2) is 4.79 Å². The SMILES string of the molecule is O=C(Nc1cccc(C(F)(F)F)c1)NC(Cc1ccccc1)C(=O)Nc1nnc(-c2ccc3c(c2)OCO3)s1. The molecule has 1 aromatic heterocycles. The van der Waals surface area contributed by atoms with Crippen LogP contribution >= 0.6 is 11.3 Å². The van der Waals surface area contributed by atoms with Crippen molar-refractivity contribution in [2.45, 2.75) is 18.6 Å². The molecule has 13 heteroatoms. The lowest BCUT2D eigenvalue weighted by molar-refractivity contribution is -0.137. The number of benzene rings is 3. The highest BCUT2D eigenvalue weighted by Crippen LogP contribution is 2.37. The fourth-order valence-corrected chi connectivity index (χ4v) is 4.51. The quantitative estimate of drug-likeness (QED) is 0.284. The summed E-state index contributed by atoms with van der Waals surface area (Å²) in [4.78, 5) is 25.9. The number of nitrogens with one attached hydrogen (secondary N) is 3. The van der Waals surface area contributed by atoms with Crippen LogP contribution in [0.3, 0.4) is 0 Å². The molecule has 0 fully saturated rings. The first kappa shape index (κ1) is 26.0. The number of amides is 3. The number of alkyl halides is 3.